The van der Waals surface area contributed by atoms with Gasteiger partial charge in [0.1, 0.15) is 17.2 Å². The molecule has 2 aliphatic carbocycles. The molecule has 0 saturated heterocycles. The van der Waals surface area contributed by atoms with Crippen LogP contribution < -0.4 is 0 Å². The van der Waals surface area contributed by atoms with E-state index in [1.807, 2.05) is 58.9 Å². The minimum absolute atomic E-state index is 0.0246. The monoisotopic (exact) mass is 499 g/mol. The Morgan fingerprint density at radius 2 is 1.81 bits per heavy atom. The number of aliphatic hydroxyl groups is 1. The van der Waals surface area contributed by atoms with Gasteiger partial charge < -0.3 is 14.4 Å². The van der Waals surface area contributed by atoms with Gasteiger partial charge in [-0.2, -0.15) is 0 Å². The quantitative estimate of drug-likeness (QED) is 0.349. The Morgan fingerprint density at radius 3 is 2.38 bits per heavy atom. The van der Waals surface area contributed by atoms with Crippen LogP contribution >= 0.6 is 0 Å². The van der Waals surface area contributed by atoms with Gasteiger partial charge in [0.05, 0.1) is 22.8 Å². The summed E-state index contributed by atoms with van der Waals surface area (Å²) in [7, 11) is 0. The van der Waals surface area contributed by atoms with E-state index in [0.717, 1.165) is 48.1 Å². The summed E-state index contributed by atoms with van der Waals surface area (Å²) in [6, 6.07) is 12.3. The van der Waals surface area contributed by atoms with Crippen LogP contribution in [0, 0.1) is 19.8 Å². The lowest BCUT2D eigenvalue weighted by Crippen LogP contribution is -2.28. The number of hydrogen-bond acceptors (Lipinski definition) is 6. The van der Waals surface area contributed by atoms with E-state index in [1.54, 1.807) is 4.57 Å². The van der Waals surface area contributed by atoms with Crippen molar-refractivity contribution in [3.8, 4) is 11.1 Å². The summed E-state index contributed by atoms with van der Waals surface area (Å²) in [4.78, 5) is 18.5. The number of imidazole rings is 1. The standard InChI is InChI=1S/C30H33N3O4/c1-16-25(17(2)37-32-16)21-14-23(27(34)22-12-19-8-6-7-9-20(19)13-22)26-24(15-21)33(28(31-26)18-10-11-18)29(35)36-30(3,4)5/h6-9,14-15,18,22,27,34H,10-13H2,1-5H3. The van der Waals surface area contributed by atoms with Crippen molar-refractivity contribution in [1.29, 1.82) is 0 Å². The van der Waals surface area contributed by atoms with Gasteiger partial charge in [-0.3, -0.25) is 0 Å². The zero-order valence-corrected chi connectivity index (χ0v) is 22.0. The Bertz CT molecular complexity index is 1480. The molecule has 2 aromatic carbocycles. The Balaban J connectivity index is 1.55. The van der Waals surface area contributed by atoms with Crippen molar-refractivity contribution in [3.63, 3.8) is 0 Å². The zero-order chi connectivity index (χ0) is 26.1. The fourth-order valence-electron chi connectivity index (χ4n) is 5.67. The Labute approximate surface area is 216 Å². The number of nitrogens with zero attached hydrogens (tertiary/aromatic N) is 3. The summed E-state index contributed by atoms with van der Waals surface area (Å²) >= 11 is 0. The van der Waals surface area contributed by atoms with Crippen LogP contribution in [0.3, 0.4) is 0 Å². The van der Waals surface area contributed by atoms with Crippen molar-refractivity contribution < 1.29 is 19.2 Å². The highest BCUT2D eigenvalue weighted by molar-refractivity contribution is 5.93. The second-order valence-corrected chi connectivity index (χ2v) is 11.6. The van der Waals surface area contributed by atoms with E-state index in [4.69, 9.17) is 14.2 Å². The summed E-state index contributed by atoms with van der Waals surface area (Å²) in [5.41, 5.74) is 6.43. The Morgan fingerprint density at radius 1 is 1.14 bits per heavy atom. The fourth-order valence-corrected chi connectivity index (χ4v) is 5.67. The van der Waals surface area contributed by atoms with Gasteiger partial charge in [0.2, 0.25) is 0 Å². The molecule has 0 amide bonds. The number of aliphatic hydroxyl groups excluding tert-OH is 1. The third-order valence-electron chi connectivity index (χ3n) is 7.50. The van der Waals surface area contributed by atoms with Crippen molar-refractivity contribution in [2.75, 3.05) is 0 Å². The normalized spacial score (nSPS) is 16.8. The Kier molecular flexibility index (Phi) is 5.53. The van der Waals surface area contributed by atoms with Crippen LogP contribution in [0.1, 0.15) is 79.6 Å². The van der Waals surface area contributed by atoms with Crippen molar-refractivity contribution in [2.24, 2.45) is 5.92 Å². The van der Waals surface area contributed by atoms with Gasteiger partial charge >= 0.3 is 6.09 Å². The van der Waals surface area contributed by atoms with E-state index in [0.29, 0.717) is 22.6 Å². The third kappa shape index (κ3) is 4.25. The lowest BCUT2D eigenvalue weighted by Gasteiger charge is -2.21. The third-order valence-corrected chi connectivity index (χ3v) is 7.50. The first-order chi connectivity index (χ1) is 17.6. The van der Waals surface area contributed by atoms with Crippen molar-refractivity contribution in [2.45, 2.75) is 77.9 Å². The molecule has 7 heteroatoms. The molecule has 6 rings (SSSR count). The minimum atomic E-state index is -0.746. The number of carbonyl (C=O) groups is 1. The predicted octanol–water partition coefficient (Wildman–Crippen LogP) is 6.42. The number of carbonyl (C=O) groups excluding carboxylic acids is 1. The van der Waals surface area contributed by atoms with Gasteiger partial charge in [-0.25, -0.2) is 14.3 Å². The van der Waals surface area contributed by atoms with E-state index in [2.05, 4.69) is 17.3 Å². The van der Waals surface area contributed by atoms with Crippen LogP contribution in [-0.2, 0) is 17.6 Å². The average Bonchev–Trinajstić information content (AvgIpc) is 3.33. The highest BCUT2D eigenvalue weighted by Gasteiger charge is 2.36. The first-order valence-corrected chi connectivity index (χ1v) is 13.1. The van der Waals surface area contributed by atoms with Gasteiger partial charge in [-0.1, -0.05) is 29.4 Å². The molecular formula is C30H33N3O4. The molecule has 1 saturated carbocycles. The van der Waals surface area contributed by atoms with Crippen LogP contribution in [0.25, 0.3) is 22.2 Å². The molecule has 2 heterocycles. The summed E-state index contributed by atoms with van der Waals surface area (Å²) in [5, 5.41) is 16.0. The van der Waals surface area contributed by atoms with E-state index in [9.17, 15) is 9.90 Å². The first kappa shape index (κ1) is 23.9. The van der Waals surface area contributed by atoms with Gasteiger partial charge in [0.15, 0.2) is 0 Å². The molecule has 1 N–H and O–H groups in total. The van der Waals surface area contributed by atoms with E-state index < -0.39 is 17.8 Å². The van der Waals surface area contributed by atoms with Gasteiger partial charge in [0.25, 0.3) is 0 Å². The maximum absolute atomic E-state index is 13.5. The second kappa shape index (κ2) is 8.55. The van der Waals surface area contributed by atoms with Crippen LogP contribution in [0.4, 0.5) is 4.79 Å². The molecule has 7 nitrogen and oxygen atoms in total. The average molecular weight is 500 g/mol. The van der Waals surface area contributed by atoms with Crippen LogP contribution in [0.5, 0.6) is 0 Å². The minimum Gasteiger partial charge on any atom is -0.443 e. The van der Waals surface area contributed by atoms with Crippen LogP contribution in [0.2, 0.25) is 0 Å². The topological polar surface area (TPSA) is 90.4 Å². The number of aryl methyl sites for hydroxylation is 2. The molecule has 1 unspecified atom stereocenters. The number of ether oxygens (including phenoxy) is 1. The number of benzene rings is 2. The van der Waals surface area contributed by atoms with E-state index in [1.165, 1.54) is 11.1 Å². The molecule has 4 aromatic rings. The van der Waals surface area contributed by atoms with Gasteiger partial charge in [-0.15, -0.1) is 0 Å². The van der Waals surface area contributed by atoms with Crippen LogP contribution in [-0.4, -0.2) is 31.5 Å². The highest BCUT2D eigenvalue weighted by Crippen LogP contribution is 2.44. The smallest absolute Gasteiger partial charge is 0.420 e. The maximum Gasteiger partial charge on any atom is 0.420 e. The highest BCUT2D eigenvalue weighted by atomic mass is 16.6. The maximum atomic E-state index is 13.5. The Hall–Kier alpha value is -3.45. The SMILES string of the molecule is Cc1noc(C)c1-c1cc(C(O)C2Cc3ccccc3C2)c2nc(C3CC3)n(C(=O)OC(C)(C)C)c2c1. The summed E-state index contributed by atoms with van der Waals surface area (Å²) in [6.07, 6.45) is 2.39. The molecular weight excluding hydrogens is 466 g/mol. The summed E-state index contributed by atoms with van der Waals surface area (Å²) in [6.45, 7) is 9.37. The number of hydrogen-bond donors (Lipinski definition) is 1. The molecule has 37 heavy (non-hydrogen) atoms. The van der Waals surface area contributed by atoms with E-state index >= 15 is 0 Å². The molecule has 0 spiro atoms. The lowest BCUT2D eigenvalue weighted by molar-refractivity contribution is 0.0539. The molecule has 2 aromatic heterocycles. The van der Waals surface area contributed by atoms with Gasteiger partial charge in [0, 0.05) is 17.0 Å². The summed E-state index contributed by atoms with van der Waals surface area (Å²) in [5.74, 6) is 1.64. The fraction of sp³-hybridized carbons (Fsp3) is 0.433. The van der Waals surface area contributed by atoms with E-state index in [-0.39, 0.29) is 11.8 Å². The molecule has 1 fully saturated rings. The van der Waals surface area contributed by atoms with Crippen molar-refractivity contribution in [3.05, 3.63) is 70.4 Å². The molecule has 2 aliphatic rings. The number of rotatable bonds is 4. The molecule has 0 radical (unpaired) electrons. The lowest BCUT2D eigenvalue weighted by atomic mass is 9.90. The predicted molar refractivity (Wildman–Crippen MR) is 141 cm³/mol. The largest absolute Gasteiger partial charge is 0.443 e. The number of fused-ring (bicyclic) bond motifs is 2. The molecule has 0 aliphatic heterocycles. The van der Waals surface area contributed by atoms with Crippen molar-refractivity contribution >= 4 is 17.1 Å². The molecule has 0 bridgehead atoms. The second-order valence-electron chi connectivity index (χ2n) is 11.6. The van der Waals surface area contributed by atoms with Crippen molar-refractivity contribution in [1.82, 2.24) is 14.7 Å². The van der Waals surface area contributed by atoms with Crippen LogP contribution in [0.15, 0.2) is 40.9 Å². The molecule has 1 atom stereocenters. The summed E-state index contributed by atoms with van der Waals surface area (Å²) < 4.78 is 12.9. The zero-order valence-electron chi connectivity index (χ0n) is 22.0. The molecule has 192 valence electrons. The first-order valence-electron chi connectivity index (χ1n) is 13.1. The van der Waals surface area contributed by atoms with Gasteiger partial charge in [-0.05, 0) is 95.0 Å². The number of aromatic nitrogens is 3.